The molecule has 1 aliphatic carbocycles. The van der Waals surface area contributed by atoms with Crippen LogP contribution in [0.1, 0.15) is 60.6 Å². The summed E-state index contributed by atoms with van der Waals surface area (Å²) in [4.78, 5) is 29.1. The highest BCUT2D eigenvalue weighted by molar-refractivity contribution is 6.00. The molecule has 2 amide bonds. The first-order valence-electron chi connectivity index (χ1n) is 11.7. The Balaban J connectivity index is 1.50. The molecule has 1 aromatic carbocycles. The molecule has 33 heavy (non-hydrogen) atoms. The first-order chi connectivity index (χ1) is 15.9. The van der Waals surface area contributed by atoms with Gasteiger partial charge in [0.15, 0.2) is 5.76 Å². The quantitative estimate of drug-likeness (QED) is 0.633. The molecule has 0 bridgehead atoms. The van der Waals surface area contributed by atoms with Crippen molar-refractivity contribution in [3.8, 4) is 11.5 Å². The second-order valence-electron chi connectivity index (χ2n) is 9.51. The van der Waals surface area contributed by atoms with Gasteiger partial charge in [0.25, 0.3) is 5.91 Å². The monoisotopic (exact) mass is 446 g/mol. The lowest BCUT2D eigenvalue weighted by atomic mass is 9.91. The van der Waals surface area contributed by atoms with Gasteiger partial charge in [-0.05, 0) is 44.4 Å². The van der Waals surface area contributed by atoms with Crippen LogP contribution in [0.15, 0.2) is 53.1 Å². The van der Waals surface area contributed by atoms with Crippen molar-refractivity contribution in [3.63, 3.8) is 0 Å². The van der Waals surface area contributed by atoms with Gasteiger partial charge in [-0.25, -0.2) is 0 Å². The van der Waals surface area contributed by atoms with Crippen LogP contribution < -0.4 is 5.32 Å². The van der Waals surface area contributed by atoms with E-state index >= 15 is 0 Å². The molecular weight excluding hydrogens is 416 g/mol. The summed E-state index contributed by atoms with van der Waals surface area (Å²) in [5.41, 5.74) is 2.15. The van der Waals surface area contributed by atoms with Gasteiger partial charge >= 0.3 is 0 Å². The molecule has 7 nitrogen and oxygen atoms in total. The summed E-state index contributed by atoms with van der Waals surface area (Å²) >= 11 is 0. The number of nitrogens with one attached hydrogen (secondary N) is 1. The number of fused-ring (bicyclic) bond motifs is 1. The van der Waals surface area contributed by atoms with E-state index in [0.717, 1.165) is 36.8 Å². The molecule has 3 heterocycles. The zero-order valence-corrected chi connectivity index (χ0v) is 19.2. The molecule has 5 rings (SSSR count). The lowest BCUT2D eigenvalue weighted by Gasteiger charge is -2.44. The van der Waals surface area contributed by atoms with Gasteiger partial charge in [-0.15, -0.1) is 0 Å². The van der Waals surface area contributed by atoms with Gasteiger partial charge in [-0.2, -0.15) is 5.10 Å². The first-order valence-corrected chi connectivity index (χ1v) is 11.7. The van der Waals surface area contributed by atoms with Crippen molar-refractivity contribution in [1.82, 2.24) is 20.0 Å². The summed E-state index contributed by atoms with van der Waals surface area (Å²) in [7, 11) is 0. The maximum absolute atomic E-state index is 13.7. The summed E-state index contributed by atoms with van der Waals surface area (Å²) < 4.78 is 7.15. The smallest absolute Gasteiger partial charge is 0.273 e. The number of hydrogen-bond donors (Lipinski definition) is 1. The van der Waals surface area contributed by atoms with Crippen LogP contribution >= 0.6 is 0 Å². The topological polar surface area (TPSA) is 80.4 Å². The van der Waals surface area contributed by atoms with E-state index in [0.29, 0.717) is 30.2 Å². The number of aromatic nitrogens is 2. The average molecular weight is 447 g/mol. The molecule has 172 valence electrons. The van der Waals surface area contributed by atoms with E-state index in [2.05, 4.69) is 10.4 Å². The molecule has 3 aromatic rings. The Kier molecular flexibility index (Phi) is 5.56. The van der Waals surface area contributed by atoms with Crippen molar-refractivity contribution in [2.75, 3.05) is 0 Å². The van der Waals surface area contributed by atoms with Gasteiger partial charge in [0, 0.05) is 18.7 Å². The van der Waals surface area contributed by atoms with Crippen molar-refractivity contribution in [3.05, 3.63) is 65.5 Å². The van der Waals surface area contributed by atoms with Crippen LogP contribution in [0.4, 0.5) is 0 Å². The van der Waals surface area contributed by atoms with Crippen LogP contribution in [0.5, 0.6) is 0 Å². The van der Waals surface area contributed by atoms with E-state index in [1.165, 1.54) is 6.42 Å². The minimum absolute atomic E-state index is 0.115. The van der Waals surface area contributed by atoms with Crippen molar-refractivity contribution >= 4 is 11.8 Å². The molecule has 2 aromatic heterocycles. The Morgan fingerprint density at radius 2 is 1.94 bits per heavy atom. The molecule has 1 saturated carbocycles. The molecule has 0 unspecified atom stereocenters. The molecular formula is C26H30N4O3. The van der Waals surface area contributed by atoms with Crippen LogP contribution in [0.3, 0.4) is 0 Å². The van der Waals surface area contributed by atoms with Crippen LogP contribution in [-0.4, -0.2) is 38.1 Å². The molecule has 1 N–H and O–H groups in total. The average Bonchev–Trinajstić information content (AvgIpc) is 3.48. The van der Waals surface area contributed by atoms with Crippen LogP contribution in [0, 0.1) is 6.92 Å². The highest BCUT2D eigenvalue weighted by atomic mass is 16.3. The van der Waals surface area contributed by atoms with Gasteiger partial charge in [0.05, 0.1) is 12.8 Å². The maximum Gasteiger partial charge on any atom is 0.273 e. The first kappa shape index (κ1) is 21.5. The second kappa shape index (κ2) is 8.54. The van der Waals surface area contributed by atoms with E-state index in [1.807, 2.05) is 44.2 Å². The van der Waals surface area contributed by atoms with Crippen molar-refractivity contribution in [2.45, 2.75) is 70.6 Å². The number of nitrogens with zero attached hydrogens (tertiary/aromatic N) is 3. The molecule has 7 heteroatoms. The van der Waals surface area contributed by atoms with Gasteiger partial charge in [0.2, 0.25) is 5.91 Å². The Hall–Kier alpha value is -3.35. The molecule has 1 aliphatic heterocycles. The van der Waals surface area contributed by atoms with E-state index in [-0.39, 0.29) is 17.9 Å². The molecule has 0 saturated heterocycles. The SMILES string of the molecule is Cc1ccc(CN2C(=O)c3cc(-c4ccco4)nn3C[C@@]2(C)C(=O)NC2CCCCC2)cc1. The number of hydrogen-bond acceptors (Lipinski definition) is 4. The fourth-order valence-electron chi connectivity index (χ4n) is 4.90. The predicted octanol–water partition coefficient (Wildman–Crippen LogP) is 4.32. The zero-order chi connectivity index (χ0) is 23.0. The van der Waals surface area contributed by atoms with E-state index in [9.17, 15) is 9.59 Å². The fourth-order valence-corrected chi connectivity index (χ4v) is 4.90. The van der Waals surface area contributed by atoms with Gasteiger partial charge in [0.1, 0.15) is 16.9 Å². The van der Waals surface area contributed by atoms with Gasteiger partial charge in [-0.3, -0.25) is 14.3 Å². The molecule has 1 atom stereocenters. The second-order valence-corrected chi connectivity index (χ2v) is 9.51. The number of rotatable bonds is 5. The van der Waals surface area contributed by atoms with Gasteiger partial charge in [-0.1, -0.05) is 49.1 Å². The highest BCUT2D eigenvalue weighted by Crippen LogP contribution is 2.32. The van der Waals surface area contributed by atoms with Crippen LogP contribution in [0.2, 0.25) is 0 Å². The predicted molar refractivity (Wildman–Crippen MR) is 124 cm³/mol. The molecule has 0 spiro atoms. The summed E-state index contributed by atoms with van der Waals surface area (Å²) in [6.07, 6.45) is 7.04. The number of carbonyl (C=O) groups is 2. The normalized spacial score (nSPS) is 21.2. The summed E-state index contributed by atoms with van der Waals surface area (Å²) in [5.74, 6) is 0.284. The largest absolute Gasteiger partial charge is 0.463 e. The Morgan fingerprint density at radius 1 is 1.18 bits per heavy atom. The third-order valence-electron chi connectivity index (χ3n) is 6.96. The number of aryl methyl sites for hydroxylation is 1. The van der Waals surface area contributed by atoms with Crippen LogP contribution in [0.25, 0.3) is 11.5 Å². The molecule has 0 radical (unpaired) electrons. The fraction of sp³-hybridized carbons (Fsp3) is 0.423. The number of benzene rings is 1. The zero-order valence-electron chi connectivity index (χ0n) is 19.2. The van der Waals surface area contributed by atoms with E-state index in [4.69, 9.17) is 4.42 Å². The Bertz CT molecular complexity index is 1140. The summed E-state index contributed by atoms with van der Waals surface area (Å²) in [6.45, 7) is 4.54. The highest BCUT2D eigenvalue weighted by Gasteiger charge is 2.48. The number of amides is 2. The lowest BCUT2D eigenvalue weighted by Crippen LogP contribution is -2.64. The van der Waals surface area contributed by atoms with Crippen LogP contribution in [-0.2, 0) is 17.9 Å². The third kappa shape index (κ3) is 4.08. The Morgan fingerprint density at radius 3 is 2.64 bits per heavy atom. The summed E-state index contributed by atoms with van der Waals surface area (Å²) in [6, 6.07) is 13.6. The standard InChI is InChI=1S/C26H30N4O3/c1-18-10-12-19(13-11-18)16-29-24(31)22-15-21(23-9-6-14-33-23)28-30(22)17-26(29,2)25(32)27-20-7-4-3-5-8-20/h6,9-15,20H,3-5,7-8,16-17H2,1-2H3,(H,27,32)/t26-/m0/s1. The van der Waals surface area contributed by atoms with Gasteiger partial charge < -0.3 is 14.6 Å². The summed E-state index contributed by atoms with van der Waals surface area (Å²) in [5, 5.41) is 7.86. The minimum Gasteiger partial charge on any atom is -0.463 e. The van der Waals surface area contributed by atoms with E-state index < -0.39 is 5.54 Å². The number of carbonyl (C=O) groups excluding carboxylic acids is 2. The number of furan rings is 1. The van der Waals surface area contributed by atoms with Crippen molar-refractivity contribution in [2.24, 2.45) is 0 Å². The molecule has 1 fully saturated rings. The minimum atomic E-state index is -1.06. The maximum atomic E-state index is 13.7. The lowest BCUT2D eigenvalue weighted by molar-refractivity contribution is -0.134. The third-order valence-corrected chi connectivity index (χ3v) is 6.96. The Labute approximate surface area is 193 Å². The van der Waals surface area contributed by atoms with Crippen molar-refractivity contribution in [1.29, 1.82) is 0 Å². The van der Waals surface area contributed by atoms with Crippen molar-refractivity contribution < 1.29 is 14.0 Å². The van der Waals surface area contributed by atoms with E-state index in [1.54, 1.807) is 28.0 Å². The molecule has 2 aliphatic rings.